The molecule has 208 valence electrons. The lowest BCUT2D eigenvalue weighted by molar-refractivity contribution is -0.137. The van der Waals surface area contributed by atoms with Crippen LogP contribution in [0.3, 0.4) is 0 Å². The highest BCUT2D eigenvalue weighted by molar-refractivity contribution is 7.89. The average molecular weight is 570 g/mol. The van der Waals surface area contributed by atoms with E-state index in [1.807, 2.05) is 10.6 Å². The van der Waals surface area contributed by atoms with Gasteiger partial charge in [0.2, 0.25) is 10.0 Å². The van der Waals surface area contributed by atoms with E-state index in [9.17, 15) is 26.9 Å². The number of aromatic nitrogens is 3. The lowest BCUT2D eigenvalue weighted by Crippen LogP contribution is -2.42. The molecular weight excluding hydrogens is 543 g/mol. The van der Waals surface area contributed by atoms with E-state index in [1.54, 1.807) is 36.7 Å². The van der Waals surface area contributed by atoms with E-state index < -0.39 is 21.8 Å². The number of benzene rings is 1. The highest BCUT2D eigenvalue weighted by atomic mass is 32.2. The number of anilines is 1. The molecule has 1 fully saturated rings. The summed E-state index contributed by atoms with van der Waals surface area (Å²) in [6.45, 7) is 1.48. The monoisotopic (exact) mass is 569 g/mol. The van der Waals surface area contributed by atoms with Gasteiger partial charge in [-0.1, -0.05) is 12.1 Å². The fourth-order valence-corrected chi connectivity index (χ4v) is 6.26. The molecule has 0 saturated carbocycles. The maximum Gasteiger partial charge on any atom is 0.417 e. The van der Waals surface area contributed by atoms with Gasteiger partial charge in [0, 0.05) is 61.8 Å². The Hall–Kier alpha value is -3.99. The van der Waals surface area contributed by atoms with Gasteiger partial charge in [0.15, 0.2) is 0 Å². The first-order valence-electron chi connectivity index (χ1n) is 12.6. The summed E-state index contributed by atoms with van der Waals surface area (Å²) in [5.41, 5.74) is 7.50. The number of rotatable bonds is 7. The second-order valence-electron chi connectivity index (χ2n) is 9.51. The van der Waals surface area contributed by atoms with Crippen LogP contribution in [-0.2, 0) is 22.7 Å². The normalized spacial score (nSPS) is 15.3. The van der Waals surface area contributed by atoms with Crippen LogP contribution in [0.15, 0.2) is 66.0 Å². The van der Waals surface area contributed by atoms with Crippen LogP contribution in [0, 0.1) is 11.3 Å². The Morgan fingerprint density at radius 3 is 2.38 bits per heavy atom. The van der Waals surface area contributed by atoms with Crippen LogP contribution in [-0.4, -0.2) is 52.9 Å². The number of piperidine rings is 1. The molecule has 0 amide bonds. The summed E-state index contributed by atoms with van der Waals surface area (Å²) in [5.74, 6) is 0.315. The molecule has 1 aromatic carbocycles. The zero-order chi connectivity index (χ0) is 28.5. The predicted octanol–water partition coefficient (Wildman–Crippen LogP) is 4.21. The summed E-state index contributed by atoms with van der Waals surface area (Å²) >= 11 is 0. The van der Waals surface area contributed by atoms with E-state index in [0.717, 1.165) is 23.4 Å². The number of nitriles is 1. The molecule has 9 nitrogen and oxygen atoms in total. The maximum atomic E-state index is 13.3. The fraction of sp³-hybridized carbons (Fsp3) is 0.296. The molecule has 0 radical (unpaired) electrons. The van der Waals surface area contributed by atoms with Crippen molar-refractivity contribution in [2.75, 3.05) is 25.0 Å². The summed E-state index contributed by atoms with van der Waals surface area (Å²) in [7, 11) is -3.74. The summed E-state index contributed by atoms with van der Waals surface area (Å²) in [4.78, 5) is 8.50. The quantitative estimate of drug-likeness (QED) is 0.341. The van der Waals surface area contributed by atoms with Crippen molar-refractivity contribution in [3.63, 3.8) is 0 Å². The first-order valence-corrected chi connectivity index (χ1v) is 14.0. The summed E-state index contributed by atoms with van der Waals surface area (Å²) < 4.78 is 68.1. The first-order chi connectivity index (χ1) is 19.1. The minimum Gasteiger partial charge on any atom is -0.367 e. The topological polar surface area (TPSA) is 130 Å². The van der Waals surface area contributed by atoms with Gasteiger partial charge in [-0.25, -0.2) is 18.4 Å². The van der Waals surface area contributed by atoms with E-state index in [4.69, 9.17) is 5.73 Å². The van der Waals surface area contributed by atoms with E-state index >= 15 is 0 Å². The standard InChI is InChI=1S/C27H26F3N7O2S/c28-27(29,30)21-3-6-25(33-16-21)35-22-7-10-37(11-8-22)40(38,39)23-4-1-18(2-5-23)19-13-24-20(14-32)17-36(12-9-31)26(24)34-15-19/h1-6,13,15-17,22H,7-12,31H2,(H,33,35). The average Bonchev–Trinajstić information content (AvgIpc) is 3.30. The summed E-state index contributed by atoms with van der Waals surface area (Å²) in [5, 5.41) is 13.3. The van der Waals surface area contributed by atoms with E-state index in [-0.39, 0.29) is 24.0 Å². The molecule has 5 rings (SSSR count). The number of nitrogens with one attached hydrogen (secondary N) is 1. The summed E-state index contributed by atoms with van der Waals surface area (Å²) in [6, 6.07) is 12.7. The van der Waals surface area contributed by atoms with Crippen LogP contribution in [0.2, 0.25) is 0 Å². The van der Waals surface area contributed by atoms with E-state index in [0.29, 0.717) is 48.3 Å². The van der Waals surface area contributed by atoms with Crippen LogP contribution in [0.1, 0.15) is 24.0 Å². The number of halogens is 3. The molecule has 4 heterocycles. The van der Waals surface area contributed by atoms with Crippen molar-refractivity contribution in [3.8, 4) is 17.2 Å². The van der Waals surface area contributed by atoms with Crippen LogP contribution in [0.25, 0.3) is 22.2 Å². The molecule has 0 spiro atoms. The molecule has 1 aliphatic rings. The van der Waals surface area contributed by atoms with Gasteiger partial charge in [0.1, 0.15) is 17.5 Å². The zero-order valence-electron chi connectivity index (χ0n) is 21.3. The van der Waals surface area contributed by atoms with Crippen LogP contribution in [0.5, 0.6) is 0 Å². The Morgan fingerprint density at radius 1 is 1.05 bits per heavy atom. The van der Waals surface area contributed by atoms with Crippen molar-refractivity contribution in [3.05, 3.63) is 72.2 Å². The second-order valence-corrected chi connectivity index (χ2v) is 11.4. The molecule has 13 heteroatoms. The lowest BCUT2D eigenvalue weighted by Gasteiger charge is -2.32. The molecule has 40 heavy (non-hydrogen) atoms. The molecule has 3 N–H and O–H groups in total. The van der Waals surface area contributed by atoms with Crippen molar-refractivity contribution in [1.82, 2.24) is 18.8 Å². The van der Waals surface area contributed by atoms with Crippen molar-refractivity contribution in [2.45, 2.75) is 36.5 Å². The Morgan fingerprint density at radius 2 is 1.77 bits per heavy atom. The van der Waals surface area contributed by atoms with Gasteiger partial charge in [-0.3, -0.25) is 0 Å². The van der Waals surface area contributed by atoms with Crippen LogP contribution in [0.4, 0.5) is 19.0 Å². The third kappa shape index (κ3) is 5.51. The van der Waals surface area contributed by atoms with Crippen molar-refractivity contribution in [1.29, 1.82) is 5.26 Å². The largest absolute Gasteiger partial charge is 0.417 e. The number of pyridine rings is 2. The number of hydrogen-bond donors (Lipinski definition) is 2. The minimum absolute atomic E-state index is 0.113. The minimum atomic E-state index is -4.45. The van der Waals surface area contributed by atoms with Gasteiger partial charge in [0.05, 0.1) is 16.0 Å². The molecule has 1 saturated heterocycles. The molecular formula is C27H26F3N7O2S. The van der Waals surface area contributed by atoms with Gasteiger partial charge in [-0.2, -0.15) is 22.7 Å². The Labute approximate surface area is 229 Å². The van der Waals surface area contributed by atoms with Crippen molar-refractivity contribution < 1.29 is 21.6 Å². The highest BCUT2D eigenvalue weighted by Gasteiger charge is 2.32. The molecule has 3 aromatic heterocycles. The number of hydrogen-bond acceptors (Lipinski definition) is 7. The number of sulfonamides is 1. The molecule has 0 bridgehead atoms. The Kier molecular flexibility index (Phi) is 7.50. The first kappa shape index (κ1) is 27.6. The highest BCUT2D eigenvalue weighted by Crippen LogP contribution is 2.30. The number of alkyl halides is 3. The smallest absolute Gasteiger partial charge is 0.367 e. The molecule has 1 aliphatic heterocycles. The van der Waals surface area contributed by atoms with Gasteiger partial charge in [0.25, 0.3) is 0 Å². The molecule has 0 unspecified atom stereocenters. The third-order valence-corrected chi connectivity index (χ3v) is 8.84. The van der Waals surface area contributed by atoms with Gasteiger partial charge < -0.3 is 15.6 Å². The second kappa shape index (κ2) is 10.9. The Bertz CT molecular complexity index is 1650. The fourth-order valence-electron chi connectivity index (χ4n) is 4.79. The number of nitrogens with two attached hydrogens (primary N) is 1. The molecule has 4 aromatic rings. The third-order valence-electron chi connectivity index (χ3n) is 6.93. The van der Waals surface area contributed by atoms with Crippen LogP contribution < -0.4 is 11.1 Å². The van der Waals surface area contributed by atoms with Crippen molar-refractivity contribution >= 4 is 26.9 Å². The predicted molar refractivity (Wildman–Crippen MR) is 144 cm³/mol. The van der Waals surface area contributed by atoms with Gasteiger partial charge in [-0.05, 0) is 48.7 Å². The molecule has 0 aliphatic carbocycles. The lowest BCUT2D eigenvalue weighted by atomic mass is 10.1. The SMILES string of the molecule is N#Cc1cn(CCN)c2ncc(-c3ccc(S(=O)(=O)N4CCC(Nc5ccc(C(F)(F)F)cn5)CC4)cc3)cc12. The summed E-state index contributed by atoms with van der Waals surface area (Å²) in [6.07, 6.45) is 0.700. The Balaban J connectivity index is 1.25. The number of nitrogens with zero attached hydrogens (tertiary/aromatic N) is 5. The maximum absolute atomic E-state index is 13.3. The van der Waals surface area contributed by atoms with Crippen molar-refractivity contribution in [2.24, 2.45) is 5.73 Å². The van der Waals surface area contributed by atoms with Crippen LogP contribution >= 0.6 is 0 Å². The van der Waals surface area contributed by atoms with Gasteiger partial charge >= 0.3 is 6.18 Å². The van der Waals surface area contributed by atoms with Gasteiger partial charge in [-0.15, -0.1) is 0 Å². The molecule has 0 atom stereocenters. The zero-order valence-corrected chi connectivity index (χ0v) is 22.1. The number of fused-ring (bicyclic) bond motifs is 1. The van der Waals surface area contributed by atoms with E-state index in [1.165, 1.54) is 10.4 Å². The van der Waals surface area contributed by atoms with E-state index in [2.05, 4.69) is 21.4 Å².